The van der Waals surface area contributed by atoms with Gasteiger partial charge in [-0.05, 0) is 38.3 Å². The van der Waals surface area contributed by atoms with Crippen molar-refractivity contribution in [2.75, 3.05) is 26.4 Å². The minimum absolute atomic E-state index is 0.0357. The lowest BCUT2D eigenvalue weighted by Gasteiger charge is -2.32. The Bertz CT molecular complexity index is 867. The summed E-state index contributed by atoms with van der Waals surface area (Å²) in [5.74, 6) is -2.87. The van der Waals surface area contributed by atoms with Crippen molar-refractivity contribution < 1.29 is 37.0 Å². The zero-order chi connectivity index (χ0) is 23.3. The normalized spacial score (nSPS) is 19.4. The van der Waals surface area contributed by atoms with Crippen molar-refractivity contribution in [1.29, 1.82) is 0 Å². The first-order chi connectivity index (χ1) is 15.3. The van der Waals surface area contributed by atoms with E-state index < -0.39 is 29.6 Å². The highest BCUT2D eigenvalue weighted by Crippen LogP contribution is 2.43. The van der Waals surface area contributed by atoms with Crippen LogP contribution in [0.3, 0.4) is 0 Å². The Balaban J connectivity index is 2.13. The highest BCUT2D eigenvalue weighted by Gasteiger charge is 2.42. The second-order valence-electron chi connectivity index (χ2n) is 7.46. The van der Waals surface area contributed by atoms with E-state index in [9.17, 15) is 22.8 Å². The molecule has 0 radical (unpaired) electrons. The van der Waals surface area contributed by atoms with Gasteiger partial charge in [0.25, 0.3) is 0 Å². The molecule has 1 fully saturated rings. The Hall–Kier alpha value is -2.81. The van der Waals surface area contributed by atoms with Gasteiger partial charge in [0.15, 0.2) is 0 Å². The maximum absolute atomic E-state index is 13.8. The van der Waals surface area contributed by atoms with Gasteiger partial charge >= 0.3 is 18.1 Å². The lowest BCUT2D eigenvalue weighted by atomic mass is 9.81. The Morgan fingerprint density at radius 2 is 1.66 bits per heavy atom. The van der Waals surface area contributed by atoms with E-state index in [1.54, 1.807) is 18.7 Å². The molecule has 0 amide bonds. The maximum atomic E-state index is 13.8. The number of hydrogen-bond donors (Lipinski definition) is 0. The fourth-order valence-electron chi connectivity index (χ4n) is 3.95. The van der Waals surface area contributed by atoms with Crippen molar-refractivity contribution in [2.45, 2.75) is 44.9 Å². The second-order valence-corrected chi connectivity index (χ2v) is 7.46. The standard InChI is InChI=1S/C23H26F3NO5/c1-3-30-21(28)17-13-27(12-15-8-7-11-32-15)14-18(22(29)31-4-2)20(17)16-9-5-6-10-19(16)23(24,25)26/h5-6,9-10,13-15,20H,3-4,7-8,11-12H2,1-2H3/t15-/m1/s1. The molecule has 1 atom stereocenters. The van der Waals surface area contributed by atoms with Crippen LogP contribution in [0.1, 0.15) is 43.7 Å². The Morgan fingerprint density at radius 3 is 2.16 bits per heavy atom. The SMILES string of the molecule is CCOC(=O)C1=CN(C[C@H]2CCCO2)C=C(C(=O)OCC)C1c1ccccc1C(F)(F)F. The van der Waals surface area contributed by atoms with Gasteiger partial charge in [-0.15, -0.1) is 0 Å². The van der Waals surface area contributed by atoms with Gasteiger partial charge in [-0.1, -0.05) is 18.2 Å². The molecule has 32 heavy (non-hydrogen) atoms. The number of halogens is 3. The molecule has 0 saturated carbocycles. The Morgan fingerprint density at radius 1 is 1.06 bits per heavy atom. The first-order valence-electron chi connectivity index (χ1n) is 10.6. The van der Waals surface area contributed by atoms with Crippen molar-refractivity contribution >= 4 is 11.9 Å². The van der Waals surface area contributed by atoms with Gasteiger partial charge in [0.05, 0.1) is 41.9 Å². The lowest BCUT2D eigenvalue weighted by molar-refractivity contribution is -0.142. The summed E-state index contributed by atoms with van der Waals surface area (Å²) in [5, 5.41) is 0. The van der Waals surface area contributed by atoms with Crippen molar-refractivity contribution in [3.05, 3.63) is 58.9 Å². The van der Waals surface area contributed by atoms with Gasteiger partial charge in [-0.3, -0.25) is 0 Å². The van der Waals surface area contributed by atoms with E-state index in [2.05, 4.69) is 0 Å². The Labute approximate surface area is 184 Å². The first kappa shape index (κ1) is 23.8. The van der Waals surface area contributed by atoms with Gasteiger partial charge in [0.2, 0.25) is 0 Å². The highest BCUT2D eigenvalue weighted by atomic mass is 19.4. The number of hydrogen-bond acceptors (Lipinski definition) is 6. The number of rotatable bonds is 7. The Kier molecular flexibility index (Phi) is 7.60. The topological polar surface area (TPSA) is 65.1 Å². The predicted octanol–water partition coefficient (Wildman–Crippen LogP) is 4.18. The molecule has 2 heterocycles. The van der Waals surface area contributed by atoms with E-state index in [1.807, 2.05) is 0 Å². The van der Waals surface area contributed by atoms with Crippen LogP contribution in [0, 0.1) is 0 Å². The minimum atomic E-state index is -4.68. The molecule has 1 aromatic rings. The van der Waals surface area contributed by atoms with E-state index >= 15 is 0 Å². The van der Waals surface area contributed by atoms with Gasteiger partial charge in [0.1, 0.15) is 0 Å². The number of benzene rings is 1. The van der Waals surface area contributed by atoms with Crippen LogP contribution < -0.4 is 0 Å². The molecular weight excluding hydrogens is 427 g/mol. The summed E-state index contributed by atoms with van der Waals surface area (Å²) in [6.07, 6.45) is -0.204. The smallest absolute Gasteiger partial charge is 0.416 e. The van der Waals surface area contributed by atoms with Crippen LogP contribution in [0.25, 0.3) is 0 Å². The highest BCUT2D eigenvalue weighted by molar-refractivity contribution is 5.98. The van der Waals surface area contributed by atoms with Crippen LogP contribution in [0.4, 0.5) is 13.2 Å². The van der Waals surface area contributed by atoms with Crippen LogP contribution in [-0.4, -0.2) is 49.3 Å². The zero-order valence-electron chi connectivity index (χ0n) is 18.0. The van der Waals surface area contributed by atoms with Crippen molar-refractivity contribution in [2.24, 2.45) is 0 Å². The van der Waals surface area contributed by atoms with Gasteiger partial charge in [-0.25, -0.2) is 9.59 Å². The van der Waals surface area contributed by atoms with E-state index in [4.69, 9.17) is 14.2 Å². The number of carbonyl (C=O) groups excluding carboxylic acids is 2. The number of alkyl halides is 3. The molecule has 6 nitrogen and oxygen atoms in total. The summed E-state index contributed by atoms with van der Waals surface area (Å²) in [4.78, 5) is 27.3. The third-order valence-electron chi connectivity index (χ3n) is 5.27. The predicted molar refractivity (Wildman–Crippen MR) is 109 cm³/mol. The molecule has 0 unspecified atom stereocenters. The van der Waals surface area contributed by atoms with Crippen LogP contribution >= 0.6 is 0 Å². The zero-order valence-corrected chi connectivity index (χ0v) is 18.0. The molecule has 2 aliphatic rings. The fourth-order valence-corrected chi connectivity index (χ4v) is 3.95. The minimum Gasteiger partial charge on any atom is -0.463 e. The lowest BCUT2D eigenvalue weighted by Crippen LogP contribution is -2.33. The van der Waals surface area contributed by atoms with Crippen LogP contribution in [0.15, 0.2) is 47.8 Å². The third kappa shape index (κ3) is 5.32. The molecular formula is C23H26F3NO5. The molecule has 0 bridgehead atoms. The van der Waals surface area contributed by atoms with Crippen molar-refractivity contribution in [1.82, 2.24) is 4.90 Å². The monoisotopic (exact) mass is 453 g/mol. The third-order valence-corrected chi connectivity index (χ3v) is 5.27. The summed E-state index contributed by atoms with van der Waals surface area (Å²) in [5.41, 5.74) is -1.27. The molecule has 174 valence electrons. The fraction of sp³-hybridized carbons (Fsp3) is 0.478. The van der Waals surface area contributed by atoms with Crippen LogP contribution in [-0.2, 0) is 30.0 Å². The van der Waals surface area contributed by atoms with Crippen LogP contribution in [0.5, 0.6) is 0 Å². The summed E-state index contributed by atoms with van der Waals surface area (Å²) in [6.45, 7) is 4.24. The number of esters is 2. The summed E-state index contributed by atoms with van der Waals surface area (Å²) in [7, 11) is 0. The quantitative estimate of drug-likeness (QED) is 0.578. The van der Waals surface area contributed by atoms with Crippen molar-refractivity contribution in [3.8, 4) is 0 Å². The second kappa shape index (κ2) is 10.2. The summed E-state index contributed by atoms with van der Waals surface area (Å²) in [6, 6.07) is 4.90. The molecule has 0 spiro atoms. The van der Waals surface area contributed by atoms with E-state index in [-0.39, 0.29) is 36.0 Å². The number of ether oxygens (including phenoxy) is 3. The summed E-state index contributed by atoms with van der Waals surface area (Å²) >= 11 is 0. The summed E-state index contributed by atoms with van der Waals surface area (Å²) < 4.78 is 57.3. The largest absolute Gasteiger partial charge is 0.463 e. The van der Waals surface area contributed by atoms with Gasteiger partial charge in [0, 0.05) is 25.6 Å². The molecule has 2 aliphatic heterocycles. The first-order valence-corrected chi connectivity index (χ1v) is 10.6. The van der Waals surface area contributed by atoms with Crippen molar-refractivity contribution in [3.63, 3.8) is 0 Å². The average molecular weight is 453 g/mol. The molecule has 3 rings (SSSR count). The molecule has 1 aromatic carbocycles. The number of nitrogens with zero attached hydrogens (tertiary/aromatic N) is 1. The molecule has 0 aromatic heterocycles. The van der Waals surface area contributed by atoms with Crippen LogP contribution in [0.2, 0.25) is 0 Å². The van der Waals surface area contributed by atoms with Gasteiger partial charge in [-0.2, -0.15) is 13.2 Å². The maximum Gasteiger partial charge on any atom is 0.416 e. The van der Waals surface area contributed by atoms with Gasteiger partial charge < -0.3 is 19.1 Å². The molecule has 9 heteroatoms. The van der Waals surface area contributed by atoms with E-state index in [1.165, 1.54) is 30.6 Å². The molecule has 1 saturated heterocycles. The average Bonchev–Trinajstić information content (AvgIpc) is 3.26. The van der Waals surface area contributed by atoms with E-state index in [0.717, 1.165) is 18.9 Å². The molecule has 0 N–H and O–H groups in total. The molecule has 0 aliphatic carbocycles. The number of carbonyl (C=O) groups is 2. The van der Waals surface area contributed by atoms with E-state index in [0.29, 0.717) is 13.2 Å².